The number of aliphatic imine (C=N–C) groups is 1. The lowest BCUT2D eigenvalue weighted by atomic mass is 10.1. The van der Waals surface area contributed by atoms with Crippen LogP contribution in [0, 0.1) is 25.5 Å². The monoisotopic (exact) mass is 331 g/mol. The van der Waals surface area contributed by atoms with Crippen LogP contribution in [0.2, 0.25) is 0 Å². The largest absolute Gasteiger partial charge is 0.381 e. The fraction of sp³-hybridized carbons (Fsp3) is 0.316. The van der Waals surface area contributed by atoms with E-state index < -0.39 is 11.6 Å². The number of anilines is 1. The zero-order valence-corrected chi connectivity index (χ0v) is 14.5. The highest BCUT2D eigenvalue weighted by Crippen LogP contribution is 2.27. The van der Waals surface area contributed by atoms with Crippen LogP contribution in [0.1, 0.15) is 23.6 Å². The van der Waals surface area contributed by atoms with Gasteiger partial charge >= 0.3 is 0 Å². The Balaban J connectivity index is 2.14. The summed E-state index contributed by atoms with van der Waals surface area (Å²) in [5.41, 5.74) is 4.48. The summed E-state index contributed by atoms with van der Waals surface area (Å²) in [6, 6.07) is 7.54. The maximum atomic E-state index is 13.2. The number of nitrogens with zero attached hydrogens (tertiary/aromatic N) is 2. The molecule has 0 radical (unpaired) electrons. The zero-order valence-electron chi connectivity index (χ0n) is 14.5. The van der Waals surface area contributed by atoms with Crippen molar-refractivity contribution in [3.8, 4) is 0 Å². The first-order valence-corrected chi connectivity index (χ1v) is 7.93. The van der Waals surface area contributed by atoms with Crippen LogP contribution in [0.15, 0.2) is 35.3 Å². The highest BCUT2D eigenvalue weighted by atomic mass is 19.1. The Bertz CT molecular complexity index is 721. The molecular weight excluding hydrogens is 308 g/mol. The second-order valence-corrected chi connectivity index (χ2v) is 5.90. The van der Waals surface area contributed by atoms with Gasteiger partial charge in [-0.3, -0.25) is 0 Å². The van der Waals surface area contributed by atoms with Gasteiger partial charge in [-0.25, -0.2) is 13.8 Å². The highest BCUT2D eigenvalue weighted by Gasteiger charge is 2.05. The van der Waals surface area contributed by atoms with Crippen molar-refractivity contribution in [2.75, 3.05) is 18.9 Å². The van der Waals surface area contributed by atoms with Gasteiger partial charge in [0.1, 0.15) is 11.6 Å². The van der Waals surface area contributed by atoms with Gasteiger partial charge in [0.05, 0.1) is 12.0 Å². The Hall–Kier alpha value is -2.43. The van der Waals surface area contributed by atoms with Crippen LogP contribution in [-0.2, 0) is 6.54 Å². The fourth-order valence-corrected chi connectivity index (χ4v) is 2.28. The molecule has 0 atom stereocenters. The summed E-state index contributed by atoms with van der Waals surface area (Å²) in [7, 11) is 1.97. The van der Waals surface area contributed by atoms with Crippen molar-refractivity contribution in [1.29, 1.82) is 0 Å². The normalized spacial score (nSPS) is 11.1. The Kier molecular flexibility index (Phi) is 5.90. The van der Waals surface area contributed by atoms with E-state index in [1.165, 1.54) is 12.1 Å². The predicted octanol–water partition coefficient (Wildman–Crippen LogP) is 4.81. The van der Waals surface area contributed by atoms with Crippen LogP contribution in [0.25, 0.3) is 0 Å². The molecule has 1 N–H and O–H groups in total. The third kappa shape index (κ3) is 4.78. The van der Waals surface area contributed by atoms with E-state index in [2.05, 4.69) is 17.2 Å². The summed E-state index contributed by atoms with van der Waals surface area (Å²) < 4.78 is 26.5. The van der Waals surface area contributed by atoms with E-state index in [4.69, 9.17) is 0 Å². The standard InChI is InChI=1S/C19H23F2N3/c1-5-24(4)12-23-19-7-13(2)18(6-14(19)3)22-11-15-8-16(20)10-17(21)9-15/h6-10,12,22H,5,11H2,1-4H3/b23-12-. The van der Waals surface area contributed by atoms with Gasteiger partial charge in [0.15, 0.2) is 0 Å². The van der Waals surface area contributed by atoms with Gasteiger partial charge in [-0.05, 0) is 61.7 Å². The summed E-state index contributed by atoms with van der Waals surface area (Å²) in [5, 5.41) is 3.23. The quantitative estimate of drug-likeness (QED) is 0.608. The minimum absolute atomic E-state index is 0.357. The first-order chi connectivity index (χ1) is 11.4. The summed E-state index contributed by atoms with van der Waals surface area (Å²) in [5.74, 6) is -1.13. The highest BCUT2D eigenvalue weighted by molar-refractivity contribution is 5.67. The van der Waals surface area contributed by atoms with E-state index in [9.17, 15) is 8.78 Å². The Morgan fingerprint density at radius 3 is 2.33 bits per heavy atom. The van der Waals surface area contributed by atoms with E-state index in [1.807, 2.05) is 44.3 Å². The first kappa shape index (κ1) is 17.9. The molecule has 0 bridgehead atoms. The molecule has 5 heteroatoms. The van der Waals surface area contributed by atoms with E-state index in [1.54, 1.807) is 0 Å². The summed E-state index contributed by atoms with van der Waals surface area (Å²) in [4.78, 5) is 6.49. The van der Waals surface area contributed by atoms with Crippen molar-refractivity contribution >= 4 is 17.7 Å². The number of nitrogens with one attached hydrogen (secondary N) is 1. The van der Waals surface area contributed by atoms with Crippen molar-refractivity contribution in [1.82, 2.24) is 4.90 Å². The molecule has 0 spiro atoms. The summed E-state index contributed by atoms with van der Waals surface area (Å²) in [6.45, 7) is 7.29. The van der Waals surface area contributed by atoms with Crippen molar-refractivity contribution in [2.24, 2.45) is 4.99 Å². The van der Waals surface area contributed by atoms with E-state index in [0.717, 1.165) is 35.1 Å². The van der Waals surface area contributed by atoms with Crippen LogP contribution in [-0.4, -0.2) is 24.8 Å². The molecule has 0 amide bonds. The van der Waals surface area contributed by atoms with Crippen LogP contribution in [0.4, 0.5) is 20.2 Å². The predicted molar refractivity (Wildman–Crippen MR) is 96.1 cm³/mol. The number of hydrogen-bond donors (Lipinski definition) is 1. The number of hydrogen-bond acceptors (Lipinski definition) is 2. The Morgan fingerprint density at radius 2 is 1.71 bits per heavy atom. The van der Waals surface area contributed by atoms with Gasteiger partial charge in [0, 0.05) is 31.9 Å². The van der Waals surface area contributed by atoms with Crippen LogP contribution < -0.4 is 5.32 Å². The maximum Gasteiger partial charge on any atom is 0.126 e. The molecule has 0 unspecified atom stereocenters. The SMILES string of the molecule is CCN(C)/C=N\c1cc(C)c(NCc2cc(F)cc(F)c2)cc1C. The molecule has 128 valence electrons. The molecule has 2 rings (SSSR count). The lowest BCUT2D eigenvalue weighted by Crippen LogP contribution is -2.14. The average molecular weight is 331 g/mol. The Morgan fingerprint density at radius 1 is 1.04 bits per heavy atom. The third-order valence-corrected chi connectivity index (χ3v) is 3.84. The first-order valence-electron chi connectivity index (χ1n) is 7.93. The molecule has 2 aromatic rings. The number of halogens is 2. The second kappa shape index (κ2) is 7.90. The van der Waals surface area contributed by atoms with Crippen LogP contribution in [0.5, 0.6) is 0 Å². The minimum Gasteiger partial charge on any atom is -0.381 e. The number of rotatable bonds is 6. The molecule has 0 saturated heterocycles. The summed E-state index contributed by atoms with van der Waals surface area (Å²) >= 11 is 0. The average Bonchev–Trinajstić information content (AvgIpc) is 2.52. The van der Waals surface area contributed by atoms with Crippen molar-refractivity contribution < 1.29 is 8.78 Å². The number of benzene rings is 2. The van der Waals surface area contributed by atoms with Crippen molar-refractivity contribution in [3.05, 3.63) is 58.7 Å². The molecular formula is C19H23F2N3. The Labute approximate surface area is 142 Å². The fourth-order valence-electron chi connectivity index (χ4n) is 2.28. The molecule has 3 nitrogen and oxygen atoms in total. The molecule has 0 aliphatic carbocycles. The molecule has 2 aromatic carbocycles. The molecule has 0 heterocycles. The topological polar surface area (TPSA) is 27.6 Å². The van der Waals surface area contributed by atoms with Gasteiger partial charge in [0.25, 0.3) is 0 Å². The molecule has 0 saturated carbocycles. The second-order valence-electron chi connectivity index (χ2n) is 5.90. The van der Waals surface area contributed by atoms with E-state index in [-0.39, 0.29) is 0 Å². The summed E-state index contributed by atoms with van der Waals surface area (Å²) in [6.07, 6.45) is 1.81. The molecule has 24 heavy (non-hydrogen) atoms. The van der Waals surface area contributed by atoms with E-state index in [0.29, 0.717) is 12.1 Å². The number of aryl methyl sites for hydroxylation is 2. The molecule has 0 aliphatic rings. The molecule has 0 aliphatic heterocycles. The van der Waals surface area contributed by atoms with E-state index >= 15 is 0 Å². The third-order valence-electron chi connectivity index (χ3n) is 3.84. The zero-order chi connectivity index (χ0) is 17.7. The van der Waals surface area contributed by atoms with Crippen molar-refractivity contribution in [3.63, 3.8) is 0 Å². The van der Waals surface area contributed by atoms with Gasteiger partial charge < -0.3 is 10.2 Å². The van der Waals surface area contributed by atoms with Gasteiger partial charge in [-0.15, -0.1) is 0 Å². The van der Waals surface area contributed by atoms with Gasteiger partial charge in [-0.1, -0.05) is 0 Å². The van der Waals surface area contributed by atoms with Crippen molar-refractivity contribution in [2.45, 2.75) is 27.3 Å². The lowest BCUT2D eigenvalue weighted by molar-refractivity contribution is 0.552. The molecule has 0 fully saturated rings. The minimum atomic E-state index is -0.565. The molecule has 0 aromatic heterocycles. The lowest BCUT2D eigenvalue weighted by Gasteiger charge is -2.13. The van der Waals surface area contributed by atoms with Gasteiger partial charge in [0.2, 0.25) is 0 Å². The van der Waals surface area contributed by atoms with Crippen LogP contribution in [0.3, 0.4) is 0 Å². The smallest absolute Gasteiger partial charge is 0.126 e. The maximum absolute atomic E-state index is 13.2. The van der Waals surface area contributed by atoms with Crippen LogP contribution >= 0.6 is 0 Å². The van der Waals surface area contributed by atoms with Gasteiger partial charge in [-0.2, -0.15) is 0 Å².